The lowest BCUT2D eigenvalue weighted by atomic mass is 9.84. The van der Waals surface area contributed by atoms with Crippen molar-refractivity contribution in [3.05, 3.63) is 70.7 Å². The summed E-state index contributed by atoms with van der Waals surface area (Å²) in [6, 6.07) is 12.2. The topological polar surface area (TPSA) is 79.4 Å². The van der Waals surface area contributed by atoms with Crippen molar-refractivity contribution in [1.29, 1.82) is 0 Å². The fourth-order valence-electron chi connectivity index (χ4n) is 5.91. The van der Waals surface area contributed by atoms with Crippen LogP contribution in [0.5, 0.6) is 0 Å². The molecule has 0 saturated heterocycles. The van der Waals surface area contributed by atoms with E-state index >= 15 is 0 Å². The molecule has 2 aliphatic rings. The number of hydrogen-bond acceptors (Lipinski definition) is 5. The number of aryl methyl sites for hydroxylation is 1. The van der Waals surface area contributed by atoms with E-state index in [0.717, 1.165) is 75.8 Å². The number of benzene rings is 2. The number of carbonyl (C=O) groups excluding carboxylic acids is 1. The number of aromatic nitrogens is 1. The van der Waals surface area contributed by atoms with Gasteiger partial charge in [-0.25, -0.2) is 12.8 Å². The van der Waals surface area contributed by atoms with E-state index in [9.17, 15) is 17.6 Å². The number of carbonyl (C=O) groups is 1. The van der Waals surface area contributed by atoms with Crippen LogP contribution in [0, 0.1) is 18.7 Å². The van der Waals surface area contributed by atoms with E-state index < -0.39 is 15.7 Å². The number of amides is 1. The minimum atomic E-state index is -3.19. The maximum absolute atomic E-state index is 14.2. The van der Waals surface area contributed by atoms with Crippen molar-refractivity contribution in [1.82, 2.24) is 15.2 Å². The van der Waals surface area contributed by atoms with Gasteiger partial charge in [0.15, 0.2) is 9.84 Å². The van der Waals surface area contributed by atoms with Crippen molar-refractivity contribution < 1.29 is 17.6 Å². The van der Waals surface area contributed by atoms with E-state index in [-0.39, 0.29) is 29.9 Å². The Labute approximate surface area is 236 Å². The van der Waals surface area contributed by atoms with Crippen LogP contribution >= 0.6 is 12.4 Å². The molecule has 1 aromatic heterocycles. The molecule has 1 fully saturated rings. The van der Waals surface area contributed by atoms with E-state index in [0.29, 0.717) is 21.8 Å². The molecule has 5 rings (SSSR count). The van der Waals surface area contributed by atoms with Gasteiger partial charge in [-0.1, -0.05) is 12.1 Å². The Bertz CT molecular complexity index is 1460. The molecule has 1 saturated carbocycles. The number of pyridine rings is 1. The lowest BCUT2D eigenvalue weighted by molar-refractivity contribution is 0.0921. The van der Waals surface area contributed by atoms with Gasteiger partial charge in [-0.3, -0.25) is 9.78 Å². The van der Waals surface area contributed by atoms with E-state index in [1.54, 1.807) is 24.3 Å². The molecular formula is C30H37ClFN3O3S. The van der Waals surface area contributed by atoms with Crippen LogP contribution in [0.4, 0.5) is 4.39 Å². The Morgan fingerprint density at radius 3 is 2.46 bits per heavy atom. The highest BCUT2D eigenvalue weighted by molar-refractivity contribution is 7.90. The predicted octanol–water partition coefficient (Wildman–Crippen LogP) is 5.29. The SMILES string of the molecule is Cc1ccc2c(C(=O)NC3CCC(CCN4CCc5ccc(S(C)(=O)=O)cc5CC4)CC3)ccc(F)c2n1.Cl. The average molecular weight is 574 g/mol. The monoisotopic (exact) mass is 573 g/mol. The quantitative estimate of drug-likeness (QED) is 0.434. The summed E-state index contributed by atoms with van der Waals surface area (Å²) in [5.41, 5.74) is 3.86. The van der Waals surface area contributed by atoms with Crippen molar-refractivity contribution in [2.75, 3.05) is 25.9 Å². The Morgan fingerprint density at radius 2 is 1.74 bits per heavy atom. The fourth-order valence-corrected chi connectivity index (χ4v) is 6.58. The molecule has 0 atom stereocenters. The van der Waals surface area contributed by atoms with Crippen LogP contribution < -0.4 is 5.32 Å². The van der Waals surface area contributed by atoms with Gasteiger partial charge in [0, 0.05) is 42.0 Å². The second-order valence-electron chi connectivity index (χ2n) is 11.0. The number of halogens is 2. The molecular weight excluding hydrogens is 537 g/mol. The van der Waals surface area contributed by atoms with Gasteiger partial charge in [0.1, 0.15) is 11.3 Å². The first-order chi connectivity index (χ1) is 18.2. The molecule has 3 aromatic rings. The number of rotatable bonds is 6. The van der Waals surface area contributed by atoms with Gasteiger partial charge in [-0.15, -0.1) is 12.4 Å². The maximum Gasteiger partial charge on any atom is 0.252 e. The summed E-state index contributed by atoms with van der Waals surface area (Å²) in [5, 5.41) is 3.73. The van der Waals surface area contributed by atoms with Crippen LogP contribution in [0.1, 0.15) is 59.3 Å². The summed E-state index contributed by atoms with van der Waals surface area (Å²) < 4.78 is 38.1. The van der Waals surface area contributed by atoms with Crippen LogP contribution in [-0.2, 0) is 22.7 Å². The van der Waals surface area contributed by atoms with Crippen LogP contribution in [-0.4, -0.2) is 56.1 Å². The van der Waals surface area contributed by atoms with Gasteiger partial charge in [0.2, 0.25) is 0 Å². The third-order valence-corrected chi connectivity index (χ3v) is 9.34. The minimum Gasteiger partial charge on any atom is -0.349 e. The Morgan fingerprint density at radius 1 is 1.03 bits per heavy atom. The molecule has 1 amide bonds. The number of hydrogen-bond donors (Lipinski definition) is 1. The molecule has 6 nitrogen and oxygen atoms in total. The molecule has 9 heteroatoms. The first-order valence-electron chi connectivity index (χ1n) is 13.6. The molecule has 0 bridgehead atoms. The summed E-state index contributed by atoms with van der Waals surface area (Å²) in [5.74, 6) is 0.0735. The largest absolute Gasteiger partial charge is 0.349 e. The van der Waals surface area contributed by atoms with Gasteiger partial charge in [0.05, 0.1) is 4.90 Å². The molecule has 1 aliphatic carbocycles. The molecule has 0 spiro atoms. The zero-order valence-electron chi connectivity index (χ0n) is 22.6. The van der Waals surface area contributed by atoms with Crippen LogP contribution in [0.2, 0.25) is 0 Å². The summed E-state index contributed by atoms with van der Waals surface area (Å²) in [7, 11) is -3.19. The van der Waals surface area contributed by atoms with Gasteiger partial charge < -0.3 is 10.2 Å². The molecule has 39 heavy (non-hydrogen) atoms. The predicted molar refractivity (Wildman–Crippen MR) is 155 cm³/mol. The van der Waals surface area contributed by atoms with Crippen molar-refractivity contribution in [3.8, 4) is 0 Å². The third kappa shape index (κ3) is 6.97. The van der Waals surface area contributed by atoms with Gasteiger partial charge in [-0.05, 0) is 106 Å². The van der Waals surface area contributed by atoms with Crippen molar-refractivity contribution in [3.63, 3.8) is 0 Å². The highest BCUT2D eigenvalue weighted by Crippen LogP contribution is 2.29. The standard InChI is InChI=1S/C30H36FN3O3S.ClH/c1-20-3-10-26-27(11-12-28(31)29(26)32-20)30(35)33-24-7-4-21(5-8-24)13-16-34-17-14-22-6-9-25(38(2,36)37)19-23(22)15-18-34;/h3,6,9-12,19,21,24H,4-5,7-8,13-18H2,1-2H3,(H,33,35);1H. The van der Waals surface area contributed by atoms with Gasteiger partial charge in [-0.2, -0.15) is 0 Å². The fraction of sp³-hybridized carbons (Fsp3) is 0.467. The molecule has 0 radical (unpaired) electrons. The van der Waals surface area contributed by atoms with Crippen molar-refractivity contribution in [2.24, 2.45) is 5.92 Å². The molecule has 0 unspecified atom stereocenters. The number of sulfone groups is 1. The lowest BCUT2D eigenvalue weighted by Gasteiger charge is -2.31. The second-order valence-corrected chi connectivity index (χ2v) is 13.0. The number of nitrogens with one attached hydrogen (secondary N) is 1. The van der Waals surface area contributed by atoms with Crippen molar-refractivity contribution in [2.45, 2.75) is 62.8 Å². The van der Waals surface area contributed by atoms with E-state index in [2.05, 4.69) is 15.2 Å². The Balaban J connectivity index is 0.00000353. The summed E-state index contributed by atoms with van der Waals surface area (Å²) >= 11 is 0. The van der Waals surface area contributed by atoms with E-state index in [1.807, 2.05) is 19.1 Å². The highest BCUT2D eigenvalue weighted by Gasteiger charge is 2.25. The lowest BCUT2D eigenvalue weighted by Crippen LogP contribution is -2.38. The average Bonchev–Trinajstić information content (AvgIpc) is 3.10. The third-order valence-electron chi connectivity index (χ3n) is 8.23. The Hall–Kier alpha value is -2.55. The first kappa shape index (κ1) is 29.4. The zero-order chi connectivity index (χ0) is 26.9. The van der Waals surface area contributed by atoms with E-state index in [4.69, 9.17) is 0 Å². The van der Waals surface area contributed by atoms with Gasteiger partial charge in [0.25, 0.3) is 5.91 Å². The zero-order valence-corrected chi connectivity index (χ0v) is 24.2. The molecule has 2 heterocycles. The maximum atomic E-state index is 14.2. The number of fused-ring (bicyclic) bond motifs is 2. The highest BCUT2D eigenvalue weighted by atomic mass is 35.5. The first-order valence-corrected chi connectivity index (χ1v) is 15.5. The van der Waals surface area contributed by atoms with Crippen LogP contribution in [0.15, 0.2) is 47.4 Å². The van der Waals surface area contributed by atoms with Crippen LogP contribution in [0.25, 0.3) is 10.9 Å². The second kappa shape index (κ2) is 12.3. The Kier molecular flexibility index (Phi) is 9.29. The molecule has 1 aliphatic heterocycles. The normalized spacial score (nSPS) is 20.1. The molecule has 210 valence electrons. The smallest absolute Gasteiger partial charge is 0.252 e. The summed E-state index contributed by atoms with van der Waals surface area (Å²) in [6.45, 7) is 4.80. The van der Waals surface area contributed by atoms with Gasteiger partial charge >= 0.3 is 0 Å². The van der Waals surface area contributed by atoms with E-state index in [1.165, 1.54) is 17.9 Å². The molecule has 1 N–H and O–H groups in total. The van der Waals surface area contributed by atoms with Crippen LogP contribution in [0.3, 0.4) is 0 Å². The summed E-state index contributed by atoms with van der Waals surface area (Å²) in [6.07, 6.45) is 8.30. The van der Waals surface area contributed by atoms with Crippen molar-refractivity contribution >= 4 is 39.1 Å². The molecule has 2 aromatic carbocycles. The number of nitrogens with zero attached hydrogens (tertiary/aromatic N) is 2. The summed E-state index contributed by atoms with van der Waals surface area (Å²) in [4.78, 5) is 20.2. The minimum absolute atomic E-state index is 0.